The van der Waals surface area contributed by atoms with E-state index in [9.17, 15) is 0 Å². The zero-order valence-corrected chi connectivity index (χ0v) is 16.0. The molecule has 0 amide bonds. The Morgan fingerprint density at radius 1 is 0.679 bits per heavy atom. The van der Waals surface area contributed by atoms with E-state index in [4.69, 9.17) is 4.42 Å². The second kappa shape index (κ2) is 6.65. The van der Waals surface area contributed by atoms with Crippen molar-refractivity contribution in [1.82, 2.24) is 4.98 Å². The number of hydrogen-bond donors (Lipinski definition) is 0. The molecule has 0 N–H and O–H groups in total. The highest BCUT2D eigenvalue weighted by Crippen LogP contribution is 2.34. The van der Waals surface area contributed by atoms with Crippen LogP contribution in [0.15, 0.2) is 89.5 Å². The van der Waals surface area contributed by atoms with Crippen LogP contribution in [0.1, 0.15) is 25.3 Å². The molecule has 0 aliphatic rings. The standard InChI is InChI=1S/C26H21NO/c1-17(2)19-12-13-27-24(15-19)21-9-11-25-23(14-21)22-10-8-20(16-26(22)28-25)18-6-4-3-5-7-18/h3-17H,1-2H3. The first-order valence-electron chi connectivity index (χ1n) is 9.67. The van der Waals surface area contributed by atoms with Gasteiger partial charge in [0.15, 0.2) is 0 Å². The van der Waals surface area contributed by atoms with Gasteiger partial charge >= 0.3 is 0 Å². The Kier molecular flexibility index (Phi) is 3.98. The molecule has 3 aromatic carbocycles. The largest absolute Gasteiger partial charge is 0.456 e. The molecule has 136 valence electrons. The third kappa shape index (κ3) is 2.87. The molecule has 2 aromatic heterocycles. The molecule has 28 heavy (non-hydrogen) atoms. The molecular weight excluding hydrogens is 342 g/mol. The molecule has 0 fully saturated rings. The Morgan fingerprint density at radius 2 is 1.50 bits per heavy atom. The van der Waals surface area contributed by atoms with E-state index in [-0.39, 0.29) is 0 Å². The summed E-state index contributed by atoms with van der Waals surface area (Å²) >= 11 is 0. The van der Waals surface area contributed by atoms with Crippen molar-refractivity contribution in [3.63, 3.8) is 0 Å². The van der Waals surface area contributed by atoms with Crippen molar-refractivity contribution in [3.8, 4) is 22.4 Å². The maximum atomic E-state index is 6.15. The highest BCUT2D eigenvalue weighted by molar-refractivity contribution is 6.07. The summed E-state index contributed by atoms with van der Waals surface area (Å²) in [5, 5.41) is 2.26. The number of nitrogens with zero attached hydrogens (tertiary/aromatic N) is 1. The van der Waals surface area contributed by atoms with Gasteiger partial charge in [0.25, 0.3) is 0 Å². The zero-order chi connectivity index (χ0) is 19.1. The molecule has 2 heteroatoms. The maximum absolute atomic E-state index is 6.15. The van der Waals surface area contributed by atoms with Gasteiger partial charge in [-0.15, -0.1) is 0 Å². The van der Waals surface area contributed by atoms with Crippen LogP contribution in [0.5, 0.6) is 0 Å². The highest BCUT2D eigenvalue weighted by Gasteiger charge is 2.11. The lowest BCUT2D eigenvalue weighted by molar-refractivity contribution is 0.669. The van der Waals surface area contributed by atoms with Crippen molar-refractivity contribution in [2.75, 3.05) is 0 Å². The van der Waals surface area contributed by atoms with E-state index >= 15 is 0 Å². The molecule has 5 rings (SSSR count). The maximum Gasteiger partial charge on any atom is 0.136 e. The molecule has 0 aliphatic heterocycles. The lowest BCUT2D eigenvalue weighted by atomic mass is 10.00. The van der Waals surface area contributed by atoms with Crippen LogP contribution in [0.2, 0.25) is 0 Å². The summed E-state index contributed by atoms with van der Waals surface area (Å²) in [5.41, 5.74) is 7.60. The van der Waals surface area contributed by atoms with E-state index in [1.54, 1.807) is 0 Å². The SMILES string of the molecule is CC(C)c1ccnc(-c2ccc3oc4cc(-c5ccccc5)ccc4c3c2)c1. The predicted molar refractivity (Wildman–Crippen MR) is 116 cm³/mol. The number of aromatic nitrogens is 1. The quantitative estimate of drug-likeness (QED) is 0.333. The summed E-state index contributed by atoms with van der Waals surface area (Å²) in [5.74, 6) is 0.483. The first kappa shape index (κ1) is 16.8. The molecule has 0 saturated carbocycles. The monoisotopic (exact) mass is 363 g/mol. The number of hydrogen-bond acceptors (Lipinski definition) is 2. The van der Waals surface area contributed by atoms with Gasteiger partial charge in [-0.3, -0.25) is 4.98 Å². The third-order valence-corrected chi connectivity index (χ3v) is 5.32. The van der Waals surface area contributed by atoms with Gasteiger partial charge in [0.05, 0.1) is 5.69 Å². The summed E-state index contributed by atoms with van der Waals surface area (Å²) in [6.45, 7) is 4.41. The minimum atomic E-state index is 0.483. The molecule has 0 aliphatic carbocycles. The van der Waals surface area contributed by atoms with Crippen molar-refractivity contribution in [1.29, 1.82) is 0 Å². The minimum Gasteiger partial charge on any atom is -0.456 e. The lowest BCUT2D eigenvalue weighted by Crippen LogP contribution is -1.90. The van der Waals surface area contributed by atoms with E-state index in [0.717, 1.165) is 33.2 Å². The van der Waals surface area contributed by atoms with E-state index in [2.05, 4.69) is 91.6 Å². The summed E-state index contributed by atoms with van der Waals surface area (Å²) in [4.78, 5) is 4.59. The van der Waals surface area contributed by atoms with Gasteiger partial charge in [-0.05, 0) is 65.1 Å². The van der Waals surface area contributed by atoms with Crippen LogP contribution < -0.4 is 0 Å². The van der Waals surface area contributed by atoms with Crippen LogP contribution >= 0.6 is 0 Å². The number of pyridine rings is 1. The van der Waals surface area contributed by atoms with Gasteiger partial charge in [0.2, 0.25) is 0 Å². The Hall–Kier alpha value is -3.39. The van der Waals surface area contributed by atoms with Gasteiger partial charge in [-0.1, -0.05) is 50.2 Å². The van der Waals surface area contributed by atoms with Crippen LogP contribution in [0.4, 0.5) is 0 Å². The van der Waals surface area contributed by atoms with E-state index in [0.29, 0.717) is 5.92 Å². The zero-order valence-electron chi connectivity index (χ0n) is 16.0. The lowest BCUT2D eigenvalue weighted by Gasteiger charge is -2.07. The fraction of sp³-hybridized carbons (Fsp3) is 0.115. The van der Waals surface area contributed by atoms with E-state index < -0.39 is 0 Å². The number of furan rings is 1. The molecule has 0 radical (unpaired) electrons. The summed E-state index contributed by atoms with van der Waals surface area (Å²) < 4.78 is 6.15. The van der Waals surface area contributed by atoms with Crippen molar-refractivity contribution in [2.24, 2.45) is 0 Å². The second-order valence-electron chi connectivity index (χ2n) is 7.52. The van der Waals surface area contributed by atoms with Crippen molar-refractivity contribution in [2.45, 2.75) is 19.8 Å². The summed E-state index contributed by atoms with van der Waals surface area (Å²) in [6.07, 6.45) is 1.90. The van der Waals surface area contributed by atoms with Crippen LogP contribution in [-0.4, -0.2) is 4.98 Å². The number of benzene rings is 3. The third-order valence-electron chi connectivity index (χ3n) is 5.32. The van der Waals surface area contributed by atoms with E-state index in [1.807, 2.05) is 12.3 Å². The van der Waals surface area contributed by atoms with Gasteiger partial charge in [0, 0.05) is 22.5 Å². The fourth-order valence-electron chi connectivity index (χ4n) is 3.71. The molecule has 0 spiro atoms. The predicted octanol–water partition coefficient (Wildman–Crippen LogP) is 7.44. The Morgan fingerprint density at radius 3 is 2.32 bits per heavy atom. The summed E-state index contributed by atoms with van der Waals surface area (Å²) in [6, 6.07) is 27.4. The number of fused-ring (bicyclic) bond motifs is 3. The molecule has 2 heterocycles. The minimum absolute atomic E-state index is 0.483. The smallest absolute Gasteiger partial charge is 0.136 e. The Bertz CT molecular complexity index is 1280. The van der Waals surface area contributed by atoms with Crippen molar-refractivity contribution in [3.05, 3.63) is 90.6 Å². The van der Waals surface area contributed by atoms with E-state index in [1.165, 1.54) is 16.7 Å². The van der Waals surface area contributed by atoms with Gasteiger partial charge in [-0.2, -0.15) is 0 Å². The number of rotatable bonds is 3. The van der Waals surface area contributed by atoms with Crippen LogP contribution in [0.3, 0.4) is 0 Å². The van der Waals surface area contributed by atoms with Crippen molar-refractivity contribution < 1.29 is 4.42 Å². The average molecular weight is 363 g/mol. The van der Waals surface area contributed by atoms with Crippen LogP contribution in [0.25, 0.3) is 44.3 Å². The highest BCUT2D eigenvalue weighted by atomic mass is 16.3. The molecular formula is C26H21NO. The van der Waals surface area contributed by atoms with Gasteiger partial charge in [-0.25, -0.2) is 0 Å². The molecule has 0 atom stereocenters. The molecule has 0 bridgehead atoms. The van der Waals surface area contributed by atoms with Gasteiger partial charge in [0.1, 0.15) is 11.2 Å². The first-order valence-corrected chi connectivity index (χ1v) is 9.67. The molecule has 0 saturated heterocycles. The normalized spacial score (nSPS) is 11.5. The van der Waals surface area contributed by atoms with Crippen LogP contribution in [-0.2, 0) is 0 Å². The fourth-order valence-corrected chi connectivity index (χ4v) is 3.71. The topological polar surface area (TPSA) is 26.0 Å². The Balaban J connectivity index is 1.63. The van der Waals surface area contributed by atoms with Crippen LogP contribution in [0, 0.1) is 0 Å². The first-order chi connectivity index (χ1) is 13.7. The average Bonchev–Trinajstić information content (AvgIpc) is 3.11. The summed E-state index contributed by atoms with van der Waals surface area (Å²) in [7, 11) is 0. The molecule has 2 nitrogen and oxygen atoms in total. The van der Waals surface area contributed by atoms with Crippen molar-refractivity contribution >= 4 is 21.9 Å². The molecule has 5 aromatic rings. The Labute approximate surface area is 164 Å². The molecule has 0 unspecified atom stereocenters. The van der Waals surface area contributed by atoms with Gasteiger partial charge < -0.3 is 4.42 Å². The second-order valence-corrected chi connectivity index (χ2v) is 7.52.